The van der Waals surface area contributed by atoms with Crippen LogP contribution in [0.1, 0.15) is 32.3 Å². The lowest BCUT2D eigenvalue weighted by molar-refractivity contribution is 0.418. The minimum Gasteiger partial charge on any atom is -0.451 e. The normalized spacial score (nSPS) is 12.2. The van der Waals surface area contributed by atoms with Crippen LogP contribution in [-0.2, 0) is 10.0 Å². The minimum atomic E-state index is -3.61. The molecule has 0 unspecified atom stereocenters. The van der Waals surface area contributed by atoms with Crippen LogP contribution >= 0.6 is 0 Å². The second-order valence-electron chi connectivity index (χ2n) is 7.49. The van der Waals surface area contributed by atoms with Crippen molar-refractivity contribution in [2.75, 3.05) is 13.1 Å². The monoisotopic (exact) mass is 457 g/mol. The van der Waals surface area contributed by atoms with Crippen molar-refractivity contribution in [2.24, 2.45) is 0 Å². The van der Waals surface area contributed by atoms with Gasteiger partial charge in [0.05, 0.1) is 4.90 Å². The maximum absolute atomic E-state index is 13.2. The molecule has 4 rings (SSSR count). The molecule has 0 bridgehead atoms. The zero-order valence-corrected chi connectivity index (χ0v) is 18.9. The molecule has 0 fully saturated rings. The van der Waals surface area contributed by atoms with Crippen LogP contribution in [0.3, 0.4) is 0 Å². The van der Waals surface area contributed by atoms with Gasteiger partial charge < -0.3 is 8.94 Å². The molecular formula is C23H24FN3O4S. The van der Waals surface area contributed by atoms with Gasteiger partial charge >= 0.3 is 0 Å². The molecule has 9 heteroatoms. The Morgan fingerprint density at radius 2 is 1.84 bits per heavy atom. The van der Waals surface area contributed by atoms with Gasteiger partial charge in [-0.2, -0.15) is 9.29 Å². The molecular weight excluding hydrogens is 433 g/mol. The number of halogens is 1. The zero-order chi connectivity index (χ0) is 22.9. The molecule has 0 aliphatic carbocycles. The van der Waals surface area contributed by atoms with Crippen LogP contribution in [0, 0.1) is 12.7 Å². The topological polar surface area (TPSA) is 89.4 Å². The van der Waals surface area contributed by atoms with Crippen molar-refractivity contribution in [1.29, 1.82) is 0 Å². The predicted molar refractivity (Wildman–Crippen MR) is 119 cm³/mol. The van der Waals surface area contributed by atoms with E-state index in [1.807, 2.05) is 20.8 Å². The highest BCUT2D eigenvalue weighted by Gasteiger charge is 2.25. The van der Waals surface area contributed by atoms with Gasteiger partial charge in [0.15, 0.2) is 5.76 Å². The molecule has 0 N–H and O–H groups in total. The quantitative estimate of drug-likeness (QED) is 0.352. The number of nitrogens with zero attached hydrogens (tertiary/aromatic N) is 3. The summed E-state index contributed by atoms with van der Waals surface area (Å²) in [7, 11) is -3.61. The molecule has 168 valence electrons. The van der Waals surface area contributed by atoms with E-state index in [1.165, 1.54) is 16.4 Å². The summed E-state index contributed by atoms with van der Waals surface area (Å²) in [6, 6.07) is 10.6. The van der Waals surface area contributed by atoms with Gasteiger partial charge in [-0.1, -0.05) is 25.4 Å². The van der Waals surface area contributed by atoms with Crippen LogP contribution in [0.5, 0.6) is 0 Å². The van der Waals surface area contributed by atoms with Crippen LogP contribution in [0.4, 0.5) is 4.39 Å². The van der Waals surface area contributed by atoms with Gasteiger partial charge in [0.1, 0.15) is 11.4 Å². The molecule has 0 radical (unpaired) electrons. The van der Waals surface area contributed by atoms with Crippen molar-refractivity contribution < 1.29 is 21.7 Å². The summed E-state index contributed by atoms with van der Waals surface area (Å²) >= 11 is 0. The zero-order valence-electron chi connectivity index (χ0n) is 18.1. The third-order valence-electron chi connectivity index (χ3n) is 5.38. The number of aromatic nitrogens is 2. The highest BCUT2D eigenvalue weighted by molar-refractivity contribution is 7.89. The van der Waals surface area contributed by atoms with Gasteiger partial charge in [0, 0.05) is 29.6 Å². The number of hydrogen-bond acceptors (Lipinski definition) is 6. The van der Waals surface area contributed by atoms with Crippen LogP contribution in [0.25, 0.3) is 34.0 Å². The van der Waals surface area contributed by atoms with Gasteiger partial charge in [0.2, 0.25) is 15.8 Å². The van der Waals surface area contributed by atoms with Crippen LogP contribution in [0.15, 0.2) is 56.3 Å². The van der Waals surface area contributed by atoms with Gasteiger partial charge in [0.25, 0.3) is 5.89 Å². The van der Waals surface area contributed by atoms with Crippen LogP contribution < -0.4 is 0 Å². The van der Waals surface area contributed by atoms with Gasteiger partial charge in [-0.3, -0.25) is 0 Å². The summed E-state index contributed by atoms with van der Waals surface area (Å²) in [6.45, 7) is 6.57. The Kier molecular flexibility index (Phi) is 6.12. The van der Waals surface area contributed by atoms with Gasteiger partial charge in [-0.25, -0.2) is 12.8 Å². The molecule has 2 aromatic carbocycles. The van der Waals surface area contributed by atoms with E-state index in [0.29, 0.717) is 46.8 Å². The molecule has 2 aromatic heterocycles. The van der Waals surface area contributed by atoms with Crippen molar-refractivity contribution in [3.63, 3.8) is 0 Å². The molecule has 4 aromatic rings. The van der Waals surface area contributed by atoms with E-state index in [2.05, 4.69) is 10.1 Å². The largest absolute Gasteiger partial charge is 0.451 e. The molecule has 0 saturated heterocycles. The first-order valence-corrected chi connectivity index (χ1v) is 11.9. The predicted octanol–water partition coefficient (Wildman–Crippen LogP) is 5.41. The molecule has 0 amide bonds. The fourth-order valence-electron chi connectivity index (χ4n) is 3.53. The third kappa shape index (κ3) is 4.05. The summed E-state index contributed by atoms with van der Waals surface area (Å²) in [5, 5.41) is 4.61. The second kappa shape index (κ2) is 8.84. The second-order valence-corrected chi connectivity index (χ2v) is 9.43. The van der Waals surface area contributed by atoms with Crippen molar-refractivity contribution >= 4 is 21.0 Å². The Morgan fingerprint density at radius 1 is 1.09 bits per heavy atom. The number of hydrogen-bond donors (Lipinski definition) is 0. The molecule has 0 atom stereocenters. The number of aryl methyl sites for hydroxylation is 1. The van der Waals surface area contributed by atoms with E-state index in [9.17, 15) is 12.8 Å². The molecule has 0 spiro atoms. The van der Waals surface area contributed by atoms with Gasteiger partial charge in [-0.15, -0.1) is 0 Å². The fourth-order valence-corrected chi connectivity index (χ4v) is 5.04. The summed E-state index contributed by atoms with van der Waals surface area (Å²) in [4.78, 5) is 4.58. The SMILES string of the molecule is CCCCN(CC)S(=O)(=O)c1ccc2oc(-c3nc(-c4ccc(F)cc4)no3)c(C)c2c1. The summed E-state index contributed by atoms with van der Waals surface area (Å²) in [5.74, 6) is 0.486. The lowest BCUT2D eigenvalue weighted by atomic mass is 10.1. The average molecular weight is 458 g/mol. The first-order valence-electron chi connectivity index (χ1n) is 10.5. The summed E-state index contributed by atoms with van der Waals surface area (Å²) < 4.78 is 52.2. The first-order chi connectivity index (χ1) is 15.3. The third-order valence-corrected chi connectivity index (χ3v) is 7.35. The number of furan rings is 1. The Hall–Kier alpha value is -3.04. The minimum absolute atomic E-state index is 0.167. The highest BCUT2D eigenvalue weighted by atomic mass is 32.2. The van der Waals surface area contributed by atoms with Crippen molar-refractivity contribution in [3.8, 4) is 23.0 Å². The number of unbranched alkanes of at least 4 members (excludes halogenated alkanes) is 1. The van der Waals surface area contributed by atoms with Crippen molar-refractivity contribution in [3.05, 3.63) is 53.8 Å². The lowest BCUT2D eigenvalue weighted by Crippen LogP contribution is -2.31. The van der Waals surface area contributed by atoms with E-state index in [0.717, 1.165) is 12.8 Å². The molecule has 0 aliphatic rings. The van der Waals surface area contributed by atoms with Crippen LogP contribution in [-0.4, -0.2) is 36.0 Å². The van der Waals surface area contributed by atoms with E-state index in [-0.39, 0.29) is 16.6 Å². The van der Waals surface area contributed by atoms with Crippen molar-refractivity contribution in [2.45, 2.75) is 38.5 Å². The van der Waals surface area contributed by atoms with E-state index < -0.39 is 10.0 Å². The Balaban J connectivity index is 1.70. The maximum atomic E-state index is 13.2. The Morgan fingerprint density at radius 3 is 2.53 bits per heavy atom. The first kappa shape index (κ1) is 22.2. The standard InChI is InChI=1S/C23H24FN3O4S/c1-4-6-13-27(5-2)32(28,29)18-11-12-20-19(14-18)15(3)21(30-20)23-25-22(26-31-23)16-7-9-17(24)10-8-16/h7-12,14H,4-6,13H2,1-3H3. The highest BCUT2D eigenvalue weighted by Crippen LogP contribution is 2.34. The van der Waals surface area contributed by atoms with E-state index in [1.54, 1.807) is 30.3 Å². The summed E-state index contributed by atoms with van der Waals surface area (Å²) in [5.41, 5.74) is 1.83. The molecule has 0 aliphatic heterocycles. The fraction of sp³-hybridized carbons (Fsp3) is 0.304. The number of benzene rings is 2. The molecule has 7 nitrogen and oxygen atoms in total. The number of fused-ring (bicyclic) bond motifs is 1. The number of rotatable bonds is 8. The molecule has 32 heavy (non-hydrogen) atoms. The van der Waals surface area contributed by atoms with E-state index in [4.69, 9.17) is 8.94 Å². The van der Waals surface area contributed by atoms with Crippen molar-refractivity contribution in [1.82, 2.24) is 14.4 Å². The summed E-state index contributed by atoms with van der Waals surface area (Å²) in [6.07, 6.45) is 1.72. The van der Waals surface area contributed by atoms with Gasteiger partial charge in [-0.05, 0) is 55.8 Å². The molecule has 2 heterocycles. The Labute approximate surface area is 185 Å². The smallest absolute Gasteiger partial charge is 0.294 e. The Bertz CT molecular complexity index is 1340. The lowest BCUT2D eigenvalue weighted by Gasteiger charge is -2.20. The van der Waals surface area contributed by atoms with Crippen LogP contribution in [0.2, 0.25) is 0 Å². The van der Waals surface area contributed by atoms with E-state index >= 15 is 0 Å². The number of sulfonamides is 1. The maximum Gasteiger partial charge on any atom is 0.294 e. The average Bonchev–Trinajstić information content (AvgIpc) is 3.39. The molecule has 0 saturated carbocycles.